The van der Waals surface area contributed by atoms with E-state index in [1.54, 1.807) is 6.33 Å². The van der Waals surface area contributed by atoms with Gasteiger partial charge in [0.15, 0.2) is 17.0 Å². The van der Waals surface area contributed by atoms with Gasteiger partial charge in [-0.25, -0.2) is 15.0 Å². The minimum atomic E-state index is -0.250. The van der Waals surface area contributed by atoms with Crippen molar-refractivity contribution in [1.29, 1.82) is 0 Å². The molecule has 0 aliphatic carbocycles. The number of fused-ring (bicyclic) bond motifs is 3. The van der Waals surface area contributed by atoms with Crippen LogP contribution in [-0.4, -0.2) is 50.1 Å². The molecule has 1 aromatic carbocycles. The molecule has 0 unspecified atom stereocenters. The van der Waals surface area contributed by atoms with Gasteiger partial charge in [0, 0.05) is 42.1 Å². The van der Waals surface area contributed by atoms with Gasteiger partial charge in [0.05, 0.1) is 0 Å². The highest BCUT2D eigenvalue weighted by molar-refractivity contribution is 9.10. The molecule has 2 aliphatic rings. The summed E-state index contributed by atoms with van der Waals surface area (Å²) in [6.07, 6.45) is 6.62. The molecule has 0 atom stereocenters. The number of hydrogen-bond donors (Lipinski definition) is 2. The van der Waals surface area contributed by atoms with E-state index in [-0.39, 0.29) is 18.3 Å². The fraction of sp³-hybridized carbons (Fsp3) is 0.435. The molecule has 4 heterocycles. The molecule has 1 saturated heterocycles. The van der Waals surface area contributed by atoms with E-state index in [9.17, 15) is 4.79 Å². The second-order valence-corrected chi connectivity index (χ2v) is 9.18. The number of carbonyl (C=O) groups excluding carboxylic acids is 1. The van der Waals surface area contributed by atoms with Crippen molar-refractivity contribution < 1.29 is 14.7 Å². The van der Waals surface area contributed by atoms with E-state index < -0.39 is 0 Å². The van der Waals surface area contributed by atoms with Crippen LogP contribution in [0.3, 0.4) is 0 Å². The largest absolute Gasteiger partial charge is 0.483 e. The van der Waals surface area contributed by atoms with Crippen LogP contribution in [0.15, 0.2) is 29.0 Å². The predicted octanol–water partition coefficient (Wildman–Crippen LogP) is 3.79. The molecule has 5 rings (SSSR count). The Morgan fingerprint density at radius 1 is 1.21 bits per heavy atom. The summed E-state index contributed by atoms with van der Waals surface area (Å²) in [5, 5.41) is 9.96. The van der Waals surface area contributed by atoms with Gasteiger partial charge in [0.2, 0.25) is 5.91 Å². The zero-order chi connectivity index (χ0) is 23.4. The molecule has 0 spiro atoms. The summed E-state index contributed by atoms with van der Waals surface area (Å²) in [6.45, 7) is 4.36. The van der Waals surface area contributed by atoms with E-state index in [0.717, 1.165) is 77.4 Å². The standard InChI is InChI=1S/C22H25BrN6O.CH2O2/c1-14-5-6-16(12-17(14)23)26-22(30)15-7-10-28(11-8-15)20-19-21(25-13-24-20)29-9-3-2-4-18(29)27-19;2-1-3/h5-6,12-13,15H,2-4,7-11H2,1H3,(H,26,30);1H,(H,2,3). The number of benzene rings is 1. The van der Waals surface area contributed by atoms with Gasteiger partial charge in [-0.1, -0.05) is 22.0 Å². The Hall–Kier alpha value is -3.01. The maximum Gasteiger partial charge on any atom is 0.290 e. The number of aryl methyl sites for hydroxylation is 3. The van der Waals surface area contributed by atoms with Crippen LogP contribution in [0.5, 0.6) is 0 Å². The summed E-state index contributed by atoms with van der Waals surface area (Å²) in [6, 6.07) is 5.92. The lowest BCUT2D eigenvalue weighted by molar-refractivity contribution is -0.123. The summed E-state index contributed by atoms with van der Waals surface area (Å²) < 4.78 is 3.25. The van der Waals surface area contributed by atoms with Crippen molar-refractivity contribution in [3.63, 3.8) is 0 Å². The number of aromatic nitrogens is 4. The van der Waals surface area contributed by atoms with Crippen LogP contribution in [0.2, 0.25) is 0 Å². The zero-order valence-electron chi connectivity index (χ0n) is 18.5. The second-order valence-electron chi connectivity index (χ2n) is 8.33. The molecule has 2 aromatic heterocycles. The van der Waals surface area contributed by atoms with Gasteiger partial charge in [-0.15, -0.1) is 0 Å². The average Bonchev–Trinajstić information content (AvgIpc) is 3.21. The van der Waals surface area contributed by atoms with Crippen LogP contribution in [0.1, 0.15) is 37.1 Å². The van der Waals surface area contributed by atoms with Crippen molar-refractivity contribution in [3.8, 4) is 0 Å². The number of nitrogens with zero attached hydrogens (tertiary/aromatic N) is 5. The number of carbonyl (C=O) groups is 2. The minimum absolute atomic E-state index is 0.00820. The summed E-state index contributed by atoms with van der Waals surface area (Å²) in [4.78, 5) is 37.3. The van der Waals surface area contributed by atoms with Crippen LogP contribution in [0.4, 0.5) is 11.5 Å². The molecule has 1 fully saturated rings. The van der Waals surface area contributed by atoms with Crippen LogP contribution >= 0.6 is 15.9 Å². The van der Waals surface area contributed by atoms with Gasteiger partial charge in [0.25, 0.3) is 6.47 Å². The van der Waals surface area contributed by atoms with Crippen molar-refractivity contribution in [2.75, 3.05) is 23.3 Å². The summed E-state index contributed by atoms with van der Waals surface area (Å²) >= 11 is 3.53. The lowest BCUT2D eigenvalue weighted by Crippen LogP contribution is -2.38. The number of hydrogen-bond acceptors (Lipinski definition) is 6. The fourth-order valence-electron chi connectivity index (χ4n) is 4.45. The van der Waals surface area contributed by atoms with Crippen molar-refractivity contribution in [3.05, 3.63) is 40.4 Å². The van der Waals surface area contributed by atoms with Crippen molar-refractivity contribution in [1.82, 2.24) is 19.5 Å². The maximum atomic E-state index is 12.8. The van der Waals surface area contributed by atoms with Crippen molar-refractivity contribution >= 4 is 51.0 Å². The Balaban J connectivity index is 0.000000821. The van der Waals surface area contributed by atoms with E-state index >= 15 is 0 Å². The van der Waals surface area contributed by atoms with Gasteiger partial charge in [0.1, 0.15) is 12.2 Å². The van der Waals surface area contributed by atoms with Crippen molar-refractivity contribution in [2.45, 2.75) is 45.6 Å². The Kier molecular flexibility index (Phi) is 7.22. The molecule has 0 radical (unpaired) electrons. The lowest BCUT2D eigenvalue weighted by atomic mass is 9.95. The highest BCUT2D eigenvalue weighted by Crippen LogP contribution is 2.30. The first-order chi connectivity index (χ1) is 16.0. The fourth-order valence-corrected chi connectivity index (χ4v) is 4.83. The number of carboxylic acid groups (broad SMARTS) is 1. The number of nitrogens with one attached hydrogen (secondary N) is 1. The third-order valence-corrected chi connectivity index (χ3v) is 7.08. The first-order valence-electron chi connectivity index (χ1n) is 11.1. The Labute approximate surface area is 200 Å². The zero-order valence-corrected chi connectivity index (χ0v) is 20.1. The molecule has 10 heteroatoms. The van der Waals surface area contributed by atoms with Crippen LogP contribution in [0, 0.1) is 12.8 Å². The molecule has 33 heavy (non-hydrogen) atoms. The van der Waals surface area contributed by atoms with E-state index in [2.05, 4.69) is 40.7 Å². The SMILES string of the molecule is Cc1ccc(NC(=O)C2CCN(c3ncnc4c3nc3n4CCCC3)CC2)cc1Br.O=CO. The topological polar surface area (TPSA) is 113 Å². The van der Waals surface area contributed by atoms with E-state index in [1.165, 1.54) is 12.8 Å². The summed E-state index contributed by atoms with van der Waals surface area (Å²) in [5.41, 5.74) is 3.83. The monoisotopic (exact) mass is 514 g/mol. The smallest absolute Gasteiger partial charge is 0.290 e. The molecule has 2 aliphatic heterocycles. The molecule has 1 amide bonds. The Bertz CT molecular complexity index is 1160. The quantitative estimate of drug-likeness (QED) is 0.511. The normalized spacial score (nSPS) is 16.0. The molecular formula is C23H27BrN6O3. The van der Waals surface area contributed by atoms with Crippen LogP contribution in [0.25, 0.3) is 11.2 Å². The maximum absolute atomic E-state index is 12.8. The van der Waals surface area contributed by atoms with Gasteiger partial charge >= 0.3 is 0 Å². The Morgan fingerprint density at radius 3 is 2.70 bits per heavy atom. The molecule has 9 nitrogen and oxygen atoms in total. The minimum Gasteiger partial charge on any atom is -0.483 e. The van der Waals surface area contributed by atoms with Gasteiger partial charge in [-0.05, 0) is 50.3 Å². The number of amides is 1. The third-order valence-electron chi connectivity index (χ3n) is 6.23. The van der Waals surface area contributed by atoms with E-state index in [1.807, 2.05) is 25.1 Å². The lowest BCUT2D eigenvalue weighted by Gasteiger charge is -2.32. The van der Waals surface area contributed by atoms with Crippen LogP contribution < -0.4 is 10.2 Å². The van der Waals surface area contributed by atoms with E-state index in [4.69, 9.17) is 14.9 Å². The summed E-state index contributed by atoms with van der Waals surface area (Å²) in [7, 11) is 0. The number of halogens is 1. The highest BCUT2D eigenvalue weighted by atomic mass is 79.9. The molecule has 0 bridgehead atoms. The molecule has 0 saturated carbocycles. The summed E-state index contributed by atoms with van der Waals surface area (Å²) in [5.74, 6) is 2.13. The predicted molar refractivity (Wildman–Crippen MR) is 129 cm³/mol. The van der Waals surface area contributed by atoms with E-state index in [0.29, 0.717) is 0 Å². The molecule has 3 aromatic rings. The number of anilines is 2. The average molecular weight is 515 g/mol. The first kappa shape index (κ1) is 23.2. The molecule has 174 valence electrons. The molecular weight excluding hydrogens is 488 g/mol. The Morgan fingerprint density at radius 2 is 1.97 bits per heavy atom. The third kappa shape index (κ3) is 5.00. The number of rotatable bonds is 3. The first-order valence-corrected chi connectivity index (χ1v) is 11.9. The number of piperidine rings is 1. The molecule has 2 N–H and O–H groups in total. The van der Waals surface area contributed by atoms with Gasteiger partial charge < -0.3 is 19.9 Å². The van der Waals surface area contributed by atoms with Gasteiger partial charge in [-0.2, -0.15) is 0 Å². The second kappa shape index (κ2) is 10.3. The van der Waals surface area contributed by atoms with Crippen molar-refractivity contribution in [2.24, 2.45) is 5.92 Å². The van der Waals surface area contributed by atoms with Crippen LogP contribution in [-0.2, 0) is 22.6 Å². The highest BCUT2D eigenvalue weighted by Gasteiger charge is 2.28. The van der Waals surface area contributed by atoms with Gasteiger partial charge in [-0.3, -0.25) is 9.59 Å². The number of imidazole rings is 1.